The van der Waals surface area contributed by atoms with Crippen molar-refractivity contribution >= 4 is 44.8 Å². The minimum atomic E-state index is -0.0495. The zero-order valence-electron chi connectivity index (χ0n) is 22.6. The summed E-state index contributed by atoms with van der Waals surface area (Å²) in [7, 11) is 1.65. The van der Waals surface area contributed by atoms with Crippen LogP contribution in [0.2, 0.25) is 0 Å². The van der Waals surface area contributed by atoms with Crippen LogP contribution < -0.4 is 15.4 Å². The number of aryl methyl sites for hydroxylation is 4. The van der Waals surface area contributed by atoms with Crippen molar-refractivity contribution in [1.82, 2.24) is 20.4 Å². The summed E-state index contributed by atoms with van der Waals surface area (Å²) < 4.78 is 5.17. The maximum absolute atomic E-state index is 12.3. The lowest BCUT2D eigenvalue weighted by Gasteiger charge is -2.04. The zero-order chi connectivity index (χ0) is 28.0. The van der Waals surface area contributed by atoms with Gasteiger partial charge < -0.3 is 15.4 Å². The number of amides is 2. The van der Waals surface area contributed by atoms with E-state index in [1.54, 1.807) is 7.11 Å². The van der Waals surface area contributed by atoms with E-state index in [0.717, 1.165) is 67.1 Å². The molecule has 2 aromatic carbocycles. The Labute approximate surface area is 242 Å². The summed E-state index contributed by atoms with van der Waals surface area (Å²) in [5, 5.41) is 25.2. The third-order valence-corrected chi connectivity index (χ3v) is 8.00. The highest BCUT2D eigenvalue weighted by Crippen LogP contribution is 2.21. The molecule has 9 nitrogen and oxygen atoms in total. The molecular formula is C29H34N6O3S2. The van der Waals surface area contributed by atoms with E-state index in [1.165, 1.54) is 33.8 Å². The van der Waals surface area contributed by atoms with Crippen LogP contribution >= 0.6 is 22.7 Å². The van der Waals surface area contributed by atoms with Gasteiger partial charge in [-0.1, -0.05) is 65.1 Å². The van der Waals surface area contributed by atoms with E-state index in [1.807, 2.05) is 42.5 Å². The number of carbonyl (C=O) groups excluding carboxylic acids is 2. The predicted octanol–water partition coefficient (Wildman–Crippen LogP) is 5.89. The van der Waals surface area contributed by atoms with E-state index in [4.69, 9.17) is 4.74 Å². The van der Waals surface area contributed by atoms with Gasteiger partial charge in [0, 0.05) is 25.7 Å². The number of hydrogen-bond acceptors (Lipinski definition) is 9. The number of carbonyl (C=O) groups is 2. The Balaban J connectivity index is 1.07. The third-order valence-electron chi connectivity index (χ3n) is 6.20. The van der Waals surface area contributed by atoms with Crippen LogP contribution in [-0.4, -0.2) is 39.3 Å². The maximum atomic E-state index is 12.3. The topological polar surface area (TPSA) is 119 Å². The van der Waals surface area contributed by atoms with Gasteiger partial charge in [-0.2, -0.15) is 0 Å². The van der Waals surface area contributed by atoms with Crippen LogP contribution in [0.15, 0.2) is 54.6 Å². The number of unbranched alkanes of at least 4 members (excludes halogenated alkanes) is 1. The van der Waals surface area contributed by atoms with Gasteiger partial charge in [0.15, 0.2) is 0 Å². The number of benzene rings is 2. The minimum Gasteiger partial charge on any atom is -0.497 e. The van der Waals surface area contributed by atoms with Crippen molar-refractivity contribution in [2.45, 2.75) is 64.2 Å². The largest absolute Gasteiger partial charge is 0.497 e. The lowest BCUT2D eigenvalue weighted by molar-refractivity contribution is -0.117. The van der Waals surface area contributed by atoms with E-state index in [2.05, 4.69) is 43.2 Å². The molecular weight excluding hydrogens is 544 g/mol. The summed E-state index contributed by atoms with van der Waals surface area (Å²) in [6.45, 7) is 0. The molecule has 0 aliphatic rings. The zero-order valence-corrected chi connectivity index (χ0v) is 24.2. The van der Waals surface area contributed by atoms with Gasteiger partial charge in [-0.25, -0.2) is 0 Å². The van der Waals surface area contributed by atoms with Crippen molar-refractivity contribution in [3.63, 3.8) is 0 Å². The van der Waals surface area contributed by atoms with E-state index in [-0.39, 0.29) is 11.8 Å². The summed E-state index contributed by atoms with van der Waals surface area (Å²) in [5.41, 5.74) is 2.41. The normalized spacial score (nSPS) is 10.8. The molecule has 4 aromatic rings. The van der Waals surface area contributed by atoms with Gasteiger partial charge in [0.2, 0.25) is 22.1 Å². The molecule has 0 radical (unpaired) electrons. The molecule has 0 spiro atoms. The van der Waals surface area contributed by atoms with Crippen molar-refractivity contribution in [2.24, 2.45) is 0 Å². The number of hydrogen-bond donors (Lipinski definition) is 2. The molecule has 0 fully saturated rings. The van der Waals surface area contributed by atoms with Crippen LogP contribution in [0.25, 0.3) is 0 Å². The monoisotopic (exact) mass is 578 g/mol. The maximum Gasteiger partial charge on any atom is 0.226 e. The molecule has 2 heterocycles. The Hall–Kier alpha value is -3.70. The summed E-state index contributed by atoms with van der Waals surface area (Å²) >= 11 is 2.84. The van der Waals surface area contributed by atoms with Crippen molar-refractivity contribution in [2.75, 3.05) is 17.7 Å². The average molecular weight is 579 g/mol. The third kappa shape index (κ3) is 10.1. The first kappa shape index (κ1) is 29.3. The fourth-order valence-electron chi connectivity index (χ4n) is 4.07. The molecule has 0 saturated heterocycles. The number of nitrogens with one attached hydrogen (secondary N) is 2. The Bertz CT molecular complexity index is 1340. The summed E-state index contributed by atoms with van der Waals surface area (Å²) in [6.07, 6.45) is 7.57. The van der Waals surface area contributed by atoms with Crippen LogP contribution in [0.5, 0.6) is 5.75 Å². The molecule has 2 amide bonds. The van der Waals surface area contributed by atoms with Crippen LogP contribution in [0, 0.1) is 0 Å². The Morgan fingerprint density at radius 3 is 1.65 bits per heavy atom. The van der Waals surface area contributed by atoms with E-state index in [9.17, 15) is 9.59 Å². The number of anilines is 2. The van der Waals surface area contributed by atoms with Gasteiger partial charge in [0.05, 0.1) is 7.11 Å². The molecule has 0 unspecified atom stereocenters. The molecule has 4 rings (SSSR count). The lowest BCUT2D eigenvalue weighted by atomic mass is 10.1. The van der Waals surface area contributed by atoms with Crippen LogP contribution in [0.4, 0.5) is 10.3 Å². The highest BCUT2D eigenvalue weighted by molar-refractivity contribution is 7.15. The molecule has 0 aliphatic carbocycles. The van der Waals surface area contributed by atoms with Crippen LogP contribution in [0.3, 0.4) is 0 Å². The first-order valence-corrected chi connectivity index (χ1v) is 15.1. The summed E-state index contributed by atoms with van der Waals surface area (Å²) in [5.74, 6) is 0.746. The predicted molar refractivity (Wildman–Crippen MR) is 159 cm³/mol. The first-order chi connectivity index (χ1) is 19.6. The number of methoxy groups -OCH3 is 1. The van der Waals surface area contributed by atoms with Crippen molar-refractivity contribution < 1.29 is 14.3 Å². The van der Waals surface area contributed by atoms with Gasteiger partial charge in [-0.15, -0.1) is 20.4 Å². The molecule has 0 aliphatic heterocycles. The number of rotatable bonds is 16. The number of ether oxygens (including phenoxy) is 1. The smallest absolute Gasteiger partial charge is 0.226 e. The van der Waals surface area contributed by atoms with Gasteiger partial charge in [-0.05, 0) is 61.8 Å². The van der Waals surface area contributed by atoms with Crippen molar-refractivity contribution in [3.8, 4) is 5.75 Å². The fourth-order valence-corrected chi connectivity index (χ4v) is 5.66. The Morgan fingerprint density at radius 2 is 1.15 bits per heavy atom. The second kappa shape index (κ2) is 15.8. The Morgan fingerprint density at radius 1 is 0.650 bits per heavy atom. The van der Waals surface area contributed by atoms with Gasteiger partial charge in [0.25, 0.3) is 0 Å². The highest BCUT2D eigenvalue weighted by atomic mass is 32.1. The van der Waals surface area contributed by atoms with Crippen molar-refractivity contribution in [3.05, 3.63) is 75.7 Å². The molecule has 0 atom stereocenters. The van der Waals surface area contributed by atoms with E-state index < -0.39 is 0 Å². The Kier molecular flexibility index (Phi) is 11.6. The minimum absolute atomic E-state index is 0.0324. The summed E-state index contributed by atoms with van der Waals surface area (Å²) in [6, 6.07) is 18.1. The fraction of sp³-hybridized carbons (Fsp3) is 0.379. The lowest BCUT2D eigenvalue weighted by Crippen LogP contribution is -2.11. The first-order valence-electron chi connectivity index (χ1n) is 13.5. The van der Waals surface area contributed by atoms with Gasteiger partial charge in [0.1, 0.15) is 15.8 Å². The quantitative estimate of drug-likeness (QED) is 0.159. The molecule has 11 heteroatoms. The van der Waals surface area contributed by atoms with Crippen molar-refractivity contribution in [1.29, 1.82) is 0 Å². The van der Waals surface area contributed by atoms with Gasteiger partial charge in [-0.3, -0.25) is 9.59 Å². The SMILES string of the molecule is COc1ccc(CCCC(=O)Nc2nnc(CCCCc3nnc(NC(=O)CCCc4ccccc4)s3)s2)cc1. The van der Waals surface area contributed by atoms with Crippen LogP contribution in [-0.2, 0) is 35.3 Å². The molecule has 0 bridgehead atoms. The molecule has 0 saturated carbocycles. The standard InChI is InChI=1S/C29H34N6O3S2/c1-38-23-19-17-22(18-20-23)12-8-14-25(37)31-29-35-33-27(40-29)16-6-5-15-26-32-34-28(39-26)30-24(36)13-7-11-21-9-3-2-4-10-21/h2-4,9-10,17-20H,5-8,11-16H2,1H3,(H,30,34,36)(H,31,35,37). The average Bonchev–Trinajstić information content (AvgIpc) is 3.61. The number of aromatic nitrogens is 4. The molecule has 210 valence electrons. The second-order valence-corrected chi connectivity index (χ2v) is 11.5. The molecule has 2 N–H and O–H groups in total. The van der Waals surface area contributed by atoms with E-state index >= 15 is 0 Å². The van der Waals surface area contributed by atoms with Gasteiger partial charge >= 0.3 is 0 Å². The van der Waals surface area contributed by atoms with Crippen LogP contribution in [0.1, 0.15) is 59.7 Å². The summed E-state index contributed by atoms with van der Waals surface area (Å²) in [4.78, 5) is 24.5. The highest BCUT2D eigenvalue weighted by Gasteiger charge is 2.11. The molecule has 40 heavy (non-hydrogen) atoms. The second-order valence-electron chi connectivity index (χ2n) is 9.35. The number of nitrogens with zero attached hydrogens (tertiary/aromatic N) is 4. The van der Waals surface area contributed by atoms with E-state index in [0.29, 0.717) is 23.1 Å². The molecule has 2 aromatic heterocycles.